The molecule has 0 saturated carbocycles. The molecule has 0 bridgehead atoms. The van der Waals surface area contributed by atoms with Crippen molar-refractivity contribution in [2.75, 3.05) is 7.11 Å². The SMILES string of the molecule is COc1ccc(Br)c2nc3cc(Cl)ccc3nc12. The van der Waals surface area contributed by atoms with Crippen LogP contribution in [-0.2, 0) is 0 Å². The molecule has 0 spiro atoms. The Bertz CT molecular complexity index is 761. The van der Waals surface area contributed by atoms with Gasteiger partial charge in [0.05, 0.1) is 18.1 Å². The van der Waals surface area contributed by atoms with Gasteiger partial charge in [0, 0.05) is 9.50 Å². The summed E-state index contributed by atoms with van der Waals surface area (Å²) in [4.78, 5) is 9.15. The van der Waals surface area contributed by atoms with E-state index in [1.165, 1.54) is 0 Å². The van der Waals surface area contributed by atoms with Gasteiger partial charge in [0.1, 0.15) is 16.8 Å². The number of rotatable bonds is 1. The number of hydrogen-bond donors (Lipinski definition) is 0. The first-order chi connectivity index (χ1) is 8.69. The van der Waals surface area contributed by atoms with Crippen LogP contribution >= 0.6 is 27.5 Å². The summed E-state index contributed by atoms with van der Waals surface area (Å²) >= 11 is 9.44. The van der Waals surface area contributed by atoms with Crippen LogP contribution in [0.3, 0.4) is 0 Å². The average molecular weight is 324 g/mol. The normalized spacial score (nSPS) is 11.1. The van der Waals surface area contributed by atoms with Crippen LogP contribution in [0.15, 0.2) is 34.8 Å². The van der Waals surface area contributed by atoms with E-state index >= 15 is 0 Å². The molecule has 3 aromatic rings. The third-order valence-corrected chi connectivity index (χ3v) is 3.56. The first kappa shape index (κ1) is 11.7. The van der Waals surface area contributed by atoms with Gasteiger partial charge >= 0.3 is 0 Å². The highest BCUT2D eigenvalue weighted by Crippen LogP contribution is 2.30. The van der Waals surface area contributed by atoms with Gasteiger partial charge in [0.25, 0.3) is 0 Å². The first-order valence-corrected chi connectivity index (χ1v) is 6.45. The number of methoxy groups -OCH3 is 1. The zero-order valence-corrected chi connectivity index (χ0v) is 11.8. The molecule has 1 aromatic heterocycles. The van der Waals surface area contributed by atoms with Crippen molar-refractivity contribution in [3.05, 3.63) is 39.8 Å². The van der Waals surface area contributed by atoms with E-state index in [-0.39, 0.29) is 0 Å². The van der Waals surface area contributed by atoms with E-state index in [2.05, 4.69) is 25.9 Å². The Hall–Kier alpha value is -1.39. The van der Waals surface area contributed by atoms with Crippen LogP contribution in [-0.4, -0.2) is 17.1 Å². The van der Waals surface area contributed by atoms with E-state index < -0.39 is 0 Å². The van der Waals surface area contributed by atoms with Gasteiger partial charge in [-0.15, -0.1) is 0 Å². The Labute approximate surface area is 117 Å². The van der Waals surface area contributed by atoms with Crippen LogP contribution in [0, 0.1) is 0 Å². The maximum atomic E-state index is 5.96. The summed E-state index contributed by atoms with van der Waals surface area (Å²) in [6, 6.07) is 9.21. The maximum absolute atomic E-state index is 5.96. The van der Waals surface area contributed by atoms with Crippen LogP contribution in [0.1, 0.15) is 0 Å². The molecule has 0 fully saturated rings. The van der Waals surface area contributed by atoms with Gasteiger partial charge in [0.2, 0.25) is 0 Å². The molecule has 2 aromatic carbocycles. The molecule has 18 heavy (non-hydrogen) atoms. The van der Waals surface area contributed by atoms with Crippen LogP contribution in [0.2, 0.25) is 5.02 Å². The van der Waals surface area contributed by atoms with Crippen molar-refractivity contribution in [3.8, 4) is 5.75 Å². The first-order valence-electron chi connectivity index (χ1n) is 5.28. The Kier molecular flexibility index (Phi) is 2.84. The van der Waals surface area contributed by atoms with Crippen LogP contribution in [0.4, 0.5) is 0 Å². The van der Waals surface area contributed by atoms with Gasteiger partial charge in [-0.1, -0.05) is 11.6 Å². The molecule has 0 aliphatic heterocycles. The number of ether oxygens (including phenoxy) is 1. The summed E-state index contributed by atoms with van der Waals surface area (Å²) in [6.07, 6.45) is 0. The van der Waals surface area contributed by atoms with Crippen LogP contribution < -0.4 is 4.74 Å². The van der Waals surface area contributed by atoms with E-state index in [1.54, 1.807) is 19.2 Å². The number of benzene rings is 2. The third-order valence-electron chi connectivity index (χ3n) is 2.69. The highest BCUT2D eigenvalue weighted by Gasteiger charge is 2.10. The molecule has 0 amide bonds. The summed E-state index contributed by atoms with van der Waals surface area (Å²) in [5, 5.41) is 0.648. The van der Waals surface area contributed by atoms with E-state index in [9.17, 15) is 0 Å². The minimum Gasteiger partial charge on any atom is -0.494 e. The molecule has 0 aliphatic rings. The van der Waals surface area contributed by atoms with Gasteiger partial charge < -0.3 is 4.74 Å². The molecular formula is C13H8BrClN2O. The Balaban J connectivity index is 2.47. The predicted molar refractivity (Wildman–Crippen MR) is 76.3 cm³/mol. The smallest absolute Gasteiger partial charge is 0.146 e. The van der Waals surface area contributed by atoms with Crippen molar-refractivity contribution in [2.24, 2.45) is 0 Å². The fraction of sp³-hybridized carbons (Fsp3) is 0.0769. The second kappa shape index (κ2) is 4.37. The van der Waals surface area contributed by atoms with Crippen molar-refractivity contribution >= 4 is 49.6 Å². The molecule has 0 N–H and O–H groups in total. The van der Waals surface area contributed by atoms with E-state index in [1.807, 2.05) is 18.2 Å². The summed E-state index contributed by atoms with van der Waals surface area (Å²) in [5.74, 6) is 0.706. The van der Waals surface area contributed by atoms with Gasteiger partial charge in [-0.3, -0.25) is 0 Å². The van der Waals surface area contributed by atoms with Crippen LogP contribution in [0.5, 0.6) is 5.75 Å². The third kappa shape index (κ3) is 1.82. The lowest BCUT2D eigenvalue weighted by Gasteiger charge is -2.07. The Morgan fingerprint density at radius 3 is 2.61 bits per heavy atom. The van der Waals surface area contributed by atoms with Gasteiger partial charge in [0.15, 0.2) is 0 Å². The van der Waals surface area contributed by atoms with Crippen molar-refractivity contribution in [2.45, 2.75) is 0 Å². The molecule has 3 rings (SSSR count). The van der Waals surface area contributed by atoms with Crippen LogP contribution in [0.25, 0.3) is 22.1 Å². The lowest BCUT2D eigenvalue weighted by Crippen LogP contribution is -1.92. The Morgan fingerprint density at radius 2 is 1.83 bits per heavy atom. The fourth-order valence-electron chi connectivity index (χ4n) is 1.84. The molecule has 0 atom stereocenters. The molecule has 1 heterocycles. The van der Waals surface area contributed by atoms with Crippen molar-refractivity contribution in [3.63, 3.8) is 0 Å². The van der Waals surface area contributed by atoms with E-state index in [0.717, 1.165) is 26.5 Å². The lowest BCUT2D eigenvalue weighted by atomic mass is 10.2. The van der Waals surface area contributed by atoms with E-state index in [0.29, 0.717) is 10.8 Å². The lowest BCUT2D eigenvalue weighted by molar-refractivity contribution is 0.419. The molecule has 5 heteroatoms. The number of halogens is 2. The minimum absolute atomic E-state index is 0.648. The second-order valence-corrected chi connectivity index (χ2v) is 5.09. The molecule has 3 nitrogen and oxygen atoms in total. The maximum Gasteiger partial charge on any atom is 0.146 e. The summed E-state index contributed by atoms with van der Waals surface area (Å²) in [7, 11) is 1.62. The molecule has 90 valence electrons. The Morgan fingerprint density at radius 1 is 1.06 bits per heavy atom. The monoisotopic (exact) mass is 322 g/mol. The quantitative estimate of drug-likeness (QED) is 0.629. The zero-order valence-electron chi connectivity index (χ0n) is 9.45. The second-order valence-electron chi connectivity index (χ2n) is 3.80. The highest BCUT2D eigenvalue weighted by molar-refractivity contribution is 9.10. The fourth-order valence-corrected chi connectivity index (χ4v) is 2.41. The summed E-state index contributed by atoms with van der Waals surface area (Å²) in [6.45, 7) is 0. The largest absolute Gasteiger partial charge is 0.494 e. The number of fused-ring (bicyclic) bond motifs is 2. The zero-order chi connectivity index (χ0) is 12.7. The van der Waals surface area contributed by atoms with Gasteiger partial charge in [-0.2, -0.15) is 0 Å². The minimum atomic E-state index is 0.648. The van der Waals surface area contributed by atoms with Gasteiger partial charge in [-0.25, -0.2) is 9.97 Å². The van der Waals surface area contributed by atoms with Crippen molar-refractivity contribution in [1.29, 1.82) is 0 Å². The van der Waals surface area contributed by atoms with Crippen molar-refractivity contribution < 1.29 is 4.74 Å². The number of aromatic nitrogens is 2. The van der Waals surface area contributed by atoms with Gasteiger partial charge in [-0.05, 0) is 46.3 Å². The number of hydrogen-bond acceptors (Lipinski definition) is 3. The highest BCUT2D eigenvalue weighted by atomic mass is 79.9. The molecule has 0 saturated heterocycles. The molecular weight excluding hydrogens is 316 g/mol. The molecule has 0 radical (unpaired) electrons. The van der Waals surface area contributed by atoms with E-state index in [4.69, 9.17) is 16.3 Å². The molecule has 0 aliphatic carbocycles. The topological polar surface area (TPSA) is 35.0 Å². The molecule has 0 unspecified atom stereocenters. The number of nitrogens with zero attached hydrogens (tertiary/aromatic N) is 2. The summed E-state index contributed by atoms with van der Waals surface area (Å²) in [5.41, 5.74) is 3.07. The summed E-state index contributed by atoms with van der Waals surface area (Å²) < 4.78 is 6.19. The predicted octanol–water partition coefficient (Wildman–Crippen LogP) is 4.21. The standard InChI is InChI=1S/C13H8BrClN2O/c1-18-11-5-3-8(14)12-13(11)16-9-4-2-7(15)6-10(9)17-12/h2-6H,1H3. The van der Waals surface area contributed by atoms with Crippen molar-refractivity contribution in [1.82, 2.24) is 9.97 Å². The average Bonchev–Trinajstić information content (AvgIpc) is 2.38.